The second-order valence-electron chi connectivity index (χ2n) is 6.75. The number of aromatic hydroxyl groups is 1. The van der Waals surface area contributed by atoms with Gasteiger partial charge in [0.05, 0.1) is 6.42 Å². The van der Waals surface area contributed by atoms with Crippen LogP contribution in [0.2, 0.25) is 0 Å². The van der Waals surface area contributed by atoms with E-state index in [2.05, 4.69) is 4.99 Å². The Bertz CT molecular complexity index is 813. The highest BCUT2D eigenvalue weighted by Crippen LogP contribution is 2.10. The molecule has 0 aliphatic heterocycles. The summed E-state index contributed by atoms with van der Waals surface area (Å²) in [6.07, 6.45) is 0.697. The largest absolute Gasteiger partial charge is 0.508 e. The molecule has 0 heterocycles. The van der Waals surface area contributed by atoms with E-state index in [4.69, 9.17) is 54.2 Å². The molecule has 34 heavy (non-hydrogen) atoms. The lowest BCUT2D eigenvalue weighted by atomic mass is 10.1. The molecule has 192 valence electrons. The van der Waals surface area contributed by atoms with Gasteiger partial charge in [-0.15, -0.1) is 0 Å². The molecule has 0 bridgehead atoms. The van der Waals surface area contributed by atoms with Gasteiger partial charge < -0.3 is 54.2 Å². The molecular formula is C19H32N6O9. The normalized spacial score (nSPS) is 12.3. The molecule has 0 aromatic heterocycles. The first-order valence-corrected chi connectivity index (χ1v) is 9.67. The Kier molecular flexibility index (Phi) is 16.7. The number of nitrogens with zero attached hydrogens (tertiary/aromatic N) is 1. The fourth-order valence-corrected chi connectivity index (χ4v) is 1.89. The molecule has 3 atom stereocenters. The monoisotopic (exact) mass is 488 g/mol. The number of carboxylic acids is 4. The van der Waals surface area contributed by atoms with Crippen molar-refractivity contribution in [3.05, 3.63) is 29.8 Å². The SMILES string of the molecule is NC(N)=NCCC[C@@H](N)C(=O)O.N[C@@H](CC(=O)O)C(=O)O.N[C@H](Cc1ccc(O)cc1)C(=O)O. The molecule has 0 saturated carbocycles. The zero-order chi connectivity index (χ0) is 26.8. The van der Waals surface area contributed by atoms with Crippen LogP contribution < -0.4 is 28.7 Å². The second kappa shape index (κ2) is 17.6. The molecule has 1 rings (SSSR count). The Morgan fingerprint density at radius 1 is 0.794 bits per heavy atom. The number of aliphatic carboxylic acids is 4. The van der Waals surface area contributed by atoms with Crippen LogP contribution in [0.15, 0.2) is 29.3 Å². The van der Waals surface area contributed by atoms with Gasteiger partial charge in [-0.25, -0.2) is 0 Å². The van der Waals surface area contributed by atoms with Crippen LogP contribution in [0.5, 0.6) is 5.75 Å². The zero-order valence-corrected chi connectivity index (χ0v) is 18.3. The van der Waals surface area contributed by atoms with Crippen molar-refractivity contribution in [2.45, 2.75) is 43.8 Å². The van der Waals surface area contributed by atoms with Gasteiger partial charge in [-0.3, -0.25) is 24.2 Å². The van der Waals surface area contributed by atoms with Crippen LogP contribution in [0.25, 0.3) is 0 Å². The van der Waals surface area contributed by atoms with Crippen molar-refractivity contribution in [3.63, 3.8) is 0 Å². The smallest absolute Gasteiger partial charge is 0.321 e. The number of carboxylic acid groups (broad SMARTS) is 4. The van der Waals surface area contributed by atoms with E-state index in [1.807, 2.05) is 0 Å². The minimum absolute atomic E-state index is 0.0129. The Labute approximate surface area is 194 Å². The van der Waals surface area contributed by atoms with Gasteiger partial charge in [-0.1, -0.05) is 12.1 Å². The van der Waals surface area contributed by atoms with Gasteiger partial charge in [0.25, 0.3) is 0 Å². The summed E-state index contributed by atoms with van der Waals surface area (Å²) in [4.78, 5) is 43.9. The number of phenolic OH excluding ortho intramolecular Hbond substituents is 1. The van der Waals surface area contributed by atoms with E-state index in [0.29, 0.717) is 19.4 Å². The van der Waals surface area contributed by atoms with E-state index in [-0.39, 0.29) is 18.1 Å². The molecule has 0 amide bonds. The topological polar surface area (TPSA) is 312 Å². The first-order chi connectivity index (χ1) is 15.7. The molecule has 15 nitrogen and oxygen atoms in total. The summed E-state index contributed by atoms with van der Waals surface area (Å²) in [6, 6.07) is 3.32. The predicted molar refractivity (Wildman–Crippen MR) is 121 cm³/mol. The number of guanidine groups is 1. The van der Waals surface area contributed by atoms with Gasteiger partial charge in [0, 0.05) is 6.54 Å². The van der Waals surface area contributed by atoms with Crippen LogP contribution in [0.4, 0.5) is 0 Å². The van der Waals surface area contributed by atoms with Crippen molar-refractivity contribution in [1.29, 1.82) is 0 Å². The number of phenols is 1. The highest BCUT2D eigenvalue weighted by Gasteiger charge is 2.14. The van der Waals surface area contributed by atoms with Gasteiger partial charge in [-0.05, 0) is 37.0 Å². The average molecular weight is 488 g/mol. The van der Waals surface area contributed by atoms with Gasteiger partial charge in [0.2, 0.25) is 0 Å². The fraction of sp³-hybridized carbons (Fsp3) is 0.421. The Morgan fingerprint density at radius 3 is 1.62 bits per heavy atom. The minimum Gasteiger partial charge on any atom is -0.508 e. The number of benzene rings is 1. The van der Waals surface area contributed by atoms with Crippen LogP contribution in [0, 0.1) is 0 Å². The van der Waals surface area contributed by atoms with Crippen molar-refractivity contribution in [2.75, 3.05) is 6.54 Å². The van der Waals surface area contributed by atoms with Gasteiger partial charge >= 0.3 is 23.9 Å². The number of hydrogen-bond donors (Lipinski definition) is 10. The van der Waals surface area contributed by atoms with E-state index in [1.54, 1.807) is 12.1 Å². The molecule has 0 radical (unpaired) electrons. The Hall–Kier alpha value is -3.95. The minimum atomic E-state index is -1.29. The molecule has 0 aliphatic rings. The third-order valence-electron chi connectivity index (χ3n) is 3.71. The first kappa shape index (κ1) is 32.2. The number of aliphatic imine (C=N–C) groups is 1. The lowest BCUT2D eigenvalue weighted by molar-refractivity contribution is -0.144. The molecule has 0 fully saturated rings. The zero-order valence-electron chi connectivity index (χ0n) is 18.3. The standard InChI is InChI=1S/C9H11NO3.C6H14N4O2.C4H7NO4/c10-8(9(12)13)5-6-1-3-7(11)4-2-6;7-4(5(11)12)2-1-3-10-6(8)9;5-2(4(8)9)1-3(6)7/h1-4,8,11H,5,10H2,(H,12,13);4H,1-3,7H2,(H,11,12)(H4,8,9,10);2H,1,5H2,(H,6,7)(H,8,9)/t8-;4-;2-/m110/s1. The molecule has 0 unspecified atom stereocenters. The summed E-state index contributed by atoms with van der Waals surface area (Å²) in [6.45, 7) is 0.420. The molecule has 0 spiro atoms. The van der Waals surface area contributed by atoms with E-state index >= 15 is 0 Å². The maximum atomic E-state index is 10.4. The van der Waals surface area contributed by atoms with E-state index in [9.17, 15) is 19.2 Å². The van der Waals surface area contributed by atoms with Crippen LogP contribution in [-0.2, 0) is 25.6 Å². The quantitative estimate of drug-likeness (QED) is 0.0887. The number of carbonyl (C=O) groups is 4. The van der Waals surface area contributed by atoms with Crippen LogP contribution >= 0.6 is 0 Å². The highest BCUT2D eigenvalue weighted by molar-refractivity contribution is 5.80. The highest BCUT2D eigenvalue weighted by atomic mass is 16.4. The van der Waals surface area contributed by atoms with Crippen LogP contribution in [-0.4, -0.2) is 80.0 Å². The fourth-order valence-electron chi connectivity index (χ4n) is 1.89. The third-order valence-corrected chi connectivity index (χ3v) is 3.71. The molecule has 0 saturated heterocycles. The van der Waals surface area contributed by atoms with E-state index in [1.165, 1.54) is 12.1 Å². The summed E-state index contributed by atoms with van der Waals surface area (Å²) < 4.78 is 0. The number of rotatable bonds is 11. The molecule has 15 N–H and O–H groups in total. The van der Waals surface area contributed by atoms with E-state index < -0.39 is 48.4 Å². The summed E-state index contributed by atoms with van der Waals surface area (Å²) in [5.74, 6) is -4.35. The lowest BCUT2D eigenvalue weighted by Gasteiger charge is -2.05. The maximum Gasteiger partial charge on any atom is 0.321 e. The summed E-state index contributed by atoms with van der Waals surface area (Å²) in [5, 5.41) is 41.9. The molecule has 1 aromatic rings. The number of nitrogens with two attached hydrogens (primary N) is 5. The second-order valence-corrected chi connectivity index (χ2v) is 6.75. The Balaban J connectivity index is 0. The molecule has 15 heteroatoms. The molecule has 0 aliphatic carbocycles. The predicted octanol–water partition coefficient (Wildman–Crippen LogP) is -2.33. The maximum absolute atomic E-state index is 10.4. The van der Waals surface area contributed by atoms with Crippen molar-refractivity contribution < 1.29 is 44.7 Å². The lowest BCUT2D eigenvalue weighted by Crippen LogP contribution is -2.32. The summed E-state index contributed by atoms with van der Waals surface area (Å²) in [7, 11) is 0. The van der Waals surface area contributed by atoms with Gasteiger partial charge in [0.15, 0.2) is 5.96 Å². The summed E-state index contributed by atoms with van der Waals surface area (Å²) >= 11 is 0. The van der Waals surface area contributed by atoms with Crippen molar-refractivity contribution in [3.8, 4) is 5.75 Å². The Morgan fingerprint density at radius 2 is 1.26 bits per heavy atom. The summed E-state index contributed by atoms with van der Waals surface area (Å²) in [5.41, 5.74) is 26.3. The van der Waals surface area contributed by atoms with Crippen molar-refractivity contribution in [2.24, 2.45) is 33.7 Å². The number of hydrogen-bond acceptors (Lipinski definition) is 9. The molecule has 1 aromatic carbocycles. The van der Waals surface area contributed by atoms with Gasteiger partial charge in [-0.2, -0.15) is 0 Å². The average Bonchev–Trinajstić information content (AvgIpc) is 2.72. The first-order valence-electron chi connectivity index (χ1n) is 9.67. The van der Waals surface area contributed by atoms with Crippen molar-refractivity contribution >= 4 is 29.8 Å². The third kappa shape index (κ3) is 18.8. The van der Waals surface area contributed by atoms with Gasteiger partial charge in [0.1, 0.15) is 23.9 Å². The van der Waals surface area contributed by atoms with Crippen molar-refractivity contribution in [1.82, 2.24) is 0 Å². The molecular weight excluding hydrogens is 456 g/mol. The van der Waals surface area contributed by atoms with E-state index in [0.717, 1.165) is 5.56 Å². The van der Waals surface area contributed by atoms with Crippen LogP contribution in [0.3, 0.4) is 0 Å². The van der Waals surface area contributed by atoms with Crippen LogP contribution in [0.1, 0.15) is 24.8 Å².